The molecular formula is C12H11N5O2S. The molecule has 1 N–H and O–H groups in total. The van der Waals surface area contributed by atoms with Gasteiger partial charge >= 0.3 is 5.82 Å². The summed E-state index contributed by atoms with van der Waals surface area (Å²) in [5.41, 5.74) is 0.804. The number of imidazole rings is 1. The van der Waals surface area contributed by atoms with Gasteiger partial charge < -0.3 is 15.4 Å². The average Bonchev–Trinajstić information content (AvgIpc) is 2.99. The van der Waals surface area contributed by atoms with Gasteiger partial charge in [-0.15, -0.1) is 0 Å². The Bertz CT molecular complexity index is 752. The maximum atomic E-state index is 11.2. The molecule has 0 saturated carbocycles. The molecule has 7 nitrogen and oxygen atoms in total. The van der Waals surface area contributed by atoms with Crippen molar-refractivity contribution < 1.29 is 4.92 Å². The third kappa shape index (κ3) is 2.10. The summed E-state index contributed by atoms with van der Waals surface area (Å²) in [4.78, 5) is 19.9. The lowest BCUT2D eigenvalue weighted by Gasteiger charge is -2.11. The summed E-state index contributed by atoms with van der Waals surface area (Å²) in [5, 5.41) is 16.0. The van der Waals surface area contributed by atoms with Crippen LogP contribution in [-0.2, 0) is 0 Å². The molecule has 20 heavy (non-hydrogen) atoms. The zero-order valence-electron chi connectivity index (χ0n) is 10.6. The summed E-state index contributed by atoms with van der Waals surface area (Å²) >= 11 is 1.35. The molecule has 8 heteroatoms. The molecule has 0 bridgehead atoms. The van der Waals surface area contributed by atoms with E-state index in [-0.39, 0.29) is 17.7 Å². The highest BCUT2D eigenvalue weighted by Crippen LogP contribution is 2.30. The van der Waals surface area contributed by atoms with E-state index < -0.39 is 4.92 Å². The van der Waals surface area contributed by atoms with E-state index in [1.807, 2.05) is 25.1 Å². The van der Waals surface area contributed by atoms with Crippen LogP contribution in [0.4, 0.5) is 11.6 Å². The van der Waals surface area contributed by atoms with Crippen molar-refractivity contribution in [2.24, 2.45) is 0 Å². The van der Waals surface area contributed by atoms with Gasteiger partial charge in [0.25, 0.3) is 4.96 Å². The number of nitro groups is 1. The molecule has 3 heterocycles. The van der Waals surface area contributed by atoms with Crippen molar-refractivity contribution in [3.63, 3.8) is 0 Å². The fraction of sp³-hybridized carbons (Fsp3) is 0.167. The van der Waals surface area contributed by atoms with Gasteiger partial charge in [0, 0.05) is 11.6 Å². The van der Waals surface area contributed by atoms with E-state index in [0.717, 1.165) is 5.69 Å². The molecule has 0 spiro atoms. The number of aromatic nitrogens is 3. The summed E-state index contributed by atoms with van der Waals surface area (Å²) in [6.07, 6.45) is 3.33. The highest BCUT2D eigenvalue weighted by molar-refractivity contribution is 7.15. The Labute approximate surface area is 118 Å². The van der Waals surface area contributed by atoms with Gasteiger partial charge in [0.05, 0.1) is 11.7 Å². The topological polar surface area (TPSA) is 85.4 Å². The van der Waals surface area contributed by atoms with Crippen LogP contribution >= 0.6 is 11.3 Å². The predicted octanol–water partition coefficient (Wildman–Crippen LogP) is 2.87. The molecule has 3 aromatic rings. The molecule has 0 aliphatic rings. The normalized spacial score (nSPS) is 12.4. The molecule has 1 unspecified atom stereocenters. The number of rotatable bonds is 4. The van der Waals surface area contributed by atoms with Crippen LogP contribution in [0.25, 0.3) is 4.96 Å². The van der Waals surface area contributed by atoms with Crippen LogP contribution in [0.15, 0.2) is 36.0 Å². The number of hydrogen-bond acceptors (Lipinski definition) is 6. The van der Waals surface area contributed by atoms with E-state index in [1.54, 1.807) is 17.8 Å². The van der Waals surface area contributed by atoms with Crippen molar-refractivity contribution in [1.29, 1.82) is 0 Å². The van der Waals surface area contributed by atoms with E-state index in [9.17, 15) is 10.1 Å². The molecule has 102 valence electrons. The Balaban J connectivity index is 1.96. The predicted molar refractivity (Wildman–Crippen MR) is 76.0 cm³/mol. The van der Waals surface area contributed by atoms with E-state index in [2.05, 4.69) is 15.3 Å². The molecule has 1 atom stereocenters. The molecule has 0 amide bonds. The lowest BCUT2D eigenvalue weighted by molar-refractivity contribution is -0.389. The number of fused-ring (bicyclic) bond motifs is 1. The van der Waals surface area contributed by atoms with Gasteiger partial charge in [-0.25, -0.2) is 0 Å². The monoisotopic (exact) mass is 289 g/mol. The Kier molecular flexibility index (Phi) is 3.07. The first-order valence-electron chi connectivity index (χ1n) is 5.94. The number of hydrogen-bond donors (Lipinski definition) is 1. The van der Waals surface area contributed by atoms with E-state index in [1.165, 1.54) is 15.7 Å². The van der Waals surface area contributed by atoms with Crippen molar-refractivity contribution in [1.82, 2.24) is 14.4 Å². The molecule has 0 saturated heterocycles. The van der Waals surface area contributed by atoms with Crippen LogP contribution in [0.1, 0.15) is 18.7 Å². The highest BCUT2D eigenvalue weighted by atomic mass is 32.1. The van der Waals surface area contributed by atoms with Gasteiger partial charge in [0.1, 0.15) is 6.20 Å². The van der Waals surface area contributed by atoms with Gasteiger partial charge in [0.15, 0.2) is 0 Å². The summed E-state index contributed by atoms with van der Waals surface area (Å²) in [5.74, 6) is 0.212. The van der Waals surface area contributed by atoms with Crippen LogP contribution in [0.3, 0.4) is 0 Å². The third-order valence-corrected chi connectivity index (χ3v) is 3.65. The minimum atomic E-state index is -0.430. The largest absolute Gasteiger partial charge is 0.372 e. The first kappa shape index (κ1) is 12.5. The smallest absolute Gasteiger partial charge is 0.358 e. The number of pyridine rings is 1. The molecular weight excluding hydrogens is 278 g/mol. The maximum Gasteiger partial charge on any atom is 0.372 e. The third-order valence-electron chi connectivity index (χ3n) is 2.89. The molecule has 3 rings (SSSR count). The number of anilines is 1. The van der Waals surface area contributed by atoms with Crippen LogP contribution in [-0.4, -0.2) is 19.3 Å². The van der Waals surface area contributed by atoms with Crippen molar-refractivity contribution >= 4 is 27.9 Å². The fourth-order valence-corrected chi connectivity index (χ4v) is 2.67. The molecule has 0 radical (unpaired) electrons. The summed E-state index contributed by atoms with van der Waals surface area (Å²) in [6.45, 7) is 1.89. The minimum absolute atomic E-state index is 0.0518. The number of nitrogens with zero attached hydrogens (tertiary/aromatic N) is 4. The van der Waals surface area contributed by atoms with Crippen molar-refractivity contribution in [3.8, 4) is 0 Å². The number of thiazole rings is 1. The van der Waals surface area contributed by atoms with Gasteiger partial charge in [-0.2, -0.15) is 9.38 Å². The van der Waals surface area contributed by atoms with Crippen molar-refractivity contribution in [3.05, 3.63) is 51.8 Å². The molecule has 3 aromatic heterocycles. The maximum absolute atomic E-state index is 11.2. The van der Waals surface area contributed by atoms with Crippen LogP contribution in [0.2, 0.25) is 0 Å². The van der Waals surface area contributed by atoms with Crippen LogP contribution in [0.5, 0.6) is 0 Å². The SMILES string of the molecule is CC(Nc1nc2sccn2c1[N+](=O)[O-])c1ccccn1. The number of nitrogens with one attached hydrogen (secondary N) is 1. The second kappa shape index (κ2) is 4.89. The Morgan fingerprint density at radius 3 is 3.05 bits per heavy atom. The minimum Gasteiger partial charge on any atom is -0.358 e. The summed E-state index contributed by atoms with van der Waals surface area (Å²) in [6, 6.07) is 5.40. The lowest BCUT2D eigenvalue weighted by atomic mass is 10.2. The van der Waals surface area contributed by atoms with Crippen molar-refractivity contribution in [2.75, 3.05) is 5.32 Å². The molecule has 0 aromatic carbocycles. The molecule has 0 aliphatic carbocycles. The van der Waals surface area contributed by atoms with Gasteiger partial charge in [-0.1, -0.05) is 17.4 Å². The van der Waals surface area contributed by atoms with E-state index >= 15 is 0 Å². The second-order valence-electron chi connectivity index (χ2n) is 4.22. The quantitative estimate of drug-likeness (QED) is 0.589. The standard InChI is InChI=1S/C12H11N5O2S/c1-8(9-4-2-3-5-13-9)14-10-11(17(18)19)16-6-7-20-12(16)15-10/h2-8,14H,1H3. The second-order valence-corrected chi connectivity index (χ2v) is 5.09. The van der Waals surface area contributed by atoms with Gasteiger partial charge in [-0.3, -0.25) is 4.98 Å². The van der Waals surface area contributed by atoms with Gasteiger partial charge in [0.2, 0.25) is 5.82 Å². The van der Waals surface area contributed by atoms with Crippen LogP contribution in [0, 0.1) is 10.1 Å². The summed E-state index contributed by atoms with van der Waals surface area (Å²) < 4.78 is 1.47. The summed E-state index contributed by atoms with van der Waals surface area (Å²) in [7, 11) is 0. The zero-order valence-corrected chi connectivity index (χ0v) is 11.4. The first-order valence-corrected chi connectivity index (χ1v) is 6.82. The van der Waals surface area contributed by atoms with E-state index in [4.69, 9.17) is 0 Å². The van der Waals surface area contributed by atoms with Crippen LogP contribution < -0.4 is 5.32 Å². The average molecular weight is 289 g/mol. The Morgan fingerprint density at radius 2 is 2.35 bits per heavy atom. The van der Waals surface area contributed by atoms with E-state index in [0.29, 0.717) is 4.96 Å². The highest BCUT2D eigenvalue weighted by Gasteiger charge is 2.24. The molecule has 0 fully saturated rings. The zero-order chi connectivity index (χ0) is 14.1. The van der Waals surface area contributed by atoms with Crippen molar-refractivity contribution in [2.45, 2.75) is 13.0 Å². The Hall–Kier alpha value is -2.48. The fourth-order valence-electron chi connectivity index (χ4n) is 1.96. The lowest BCUT2D eigenvalue weighted by Crippen LogP contribution is -2.10. The Morgan fingerprint density at radius 1 is 1.50 bits per heavy atom. The first-order chi connectivity index (χ1) is 9.66. The molecule has 0 aliphatic heterocycles. The van der Waals surface area contributed by atoms with Gasteiger partial charge in [-0.05, 0) is 24.0 Å².